The SMILES string of the molecule is CC.CC#N.Cc1ccc(C)c(F)c1.Cc1ccc(C2=CC(Cl)=C(P)CC2)c(Cl)c1. The van der Waals surface area contributed by atoms with Crippen LogP contribution in [0.2, 0.25) is 5.02 Å². The molecule has 0 aromatic heterocycles. The lowest BCUT2D eigenvalue weighted by Gasteiger charge is -2.16. The Balaban J connectivity index is 0.000000508. The minimum atomic E-state index is -0.116. The van der Waals surface area contributed by atoms with E-state index in [1.165, 1.54) is 29.4 Å². The van der Waals surface area contributed by atoms with Gasteiger partial charge < -0.3 is 0 Å². The highest BCUT2D eigenvalue weighted by atomic mass is 35.5. The van der Waals surface area contributed by atoms with Crippen molar-refractivity contribution < 1.29 is 4.39 Å². The molecule has 0 radical (unpaired) electrons. The summed E-state index contributed by atoms with van der Waals surface area (Å²) < 4.78 is 12.6. The van der Waals surface area contributed by atoms with Gasteiger partial charge in [-0.25, -0.2) is 4.39 Å². The Morgan fingerprint density at radius 3 is 1.97 bits per heavy atom. The normalized spacial score (nSPS) is 12.1. The molecule has 1 aliphatic carbocycles. The van der Waals surface area contributed by atoms with Gasteiger partial charge in [-0.3, -0.25) is 0 Å². The highest BCUT2D eigenvalue weighted by Crippen LogP contribution is 2.37. The van der Waals surface area contributed by atoms with Crippen LogP contribution in [0.1, 0.15) is 55.9 Å². The number of hydrogen-bond donors (Lipinski definition) is 0. The number of rotatable bonds is 1. The van der Waals surface area contributed by atoms with Gasteiger partial charge in [0, 0.05) is 17.0 Å². The molecule has 0 amide bonds. The Bertz CT molecular complexity index is 927. The first-order valence-corrected chi connectivity index (χ1v) is 11.2. The monoisotopic (exact) mass is 465 g/mol. The zero-order valence-corrected chi connectivity index (χ0v) is 21.3. The molecule has 0 fully saturated rings. The Morgan fingerprint density at radius 2 is 1.50 bits per heavy atom. The summed E-state index contributed by atoms with van der Waals surface area (Å²) in [5.74, 6) is -0.116. The number of hydrogen-bond acceptors (Lipinski definition) is 1. The zero-order chi connectivity index (χ0) is 23.3. The lowest BCUT2D eigenvalue weighted by molar-refractivity contribution is 0.617. The van der Waals surface area contributed by atoms with Crippen LogP contribution in [-0.2, 0) is 0 Å². The Hall–Kier alpha value is -1.65. The molecule has 2 aromatic carbocycles. The van der Waals surface area contributed by atoms with Gasteiger partial charge in [0.25, 0.3) is 0 Å². The van der Waals surface area contributed by atoms with Gasteiger partial charge in [0.05, 0.1) is 6.07 Å². The average Bonchev–Trinajstić information content (AvgIpc) is 2.70. The van der Waals surface area contributed by atoms with Crippen molar-refractivity contribution in [3.8, 4) is 6.07 Å². The third kappa shape index (κ3) is 9.90. The summed E-state index contributed by atoms with van der Waals surface area (Å²) in [6, 6.07) is 13.1. The van der Waals surface area contributed by atoms with E-state index in [4.69, 9.17) is 28.5 Å². The first-order valence-electron chi connectivity index (χ1n) is 9.84. The van der Waals surface area contributed by atoms with Crippen LogP contribution < -0.4 is 0 Å². The highest BCUT2D eigenvalue weighted by molar-refractivity contribution is 7.22. The molecular weight excluding hydrogens is 435 g/mol. The van der Waals surface area contributed by atoms with Crippen molar-refractivity contribution in [3.63, 3.8) is 0 Å². The standard InChI is InChI=1S/C13H13Cl2P.C8H9F.C2H3N.C2H6/c1-8-2-4-10(11(14)6-8)9-3-5-13(16)12(15)7-9;1-6-3-4-7(2)8(9)5-6;1-2-3;1-2/h2,4,6-7H,3,5,16H2,1H3;3-5H,1-2H3;1H3;1-2H3. The van der Waals surface area contributed by atoms with Crippen molar-refractivity contribution in [1.29, 1.82) is 5.26 Å². The molecule has 1 nitrogen and oxygen atoms in total. The molecular formula is C25H31Cl2FNP. The van der Waals surface area contributed by atoms with Gasteiger partial charge in [-0.2, -0.15) is 5.26 Å². The van der Waals surface area contributed by atoms with Gasteiger partial charge in [-0.05, 0) is 85.0 Å². The van der Waals surface area contributed by atoms with Crippen molar-refractivity contribution in [1.82, 2.24) is 0 Å². The summed E-state index contributed by atoms with van der Waals surface area (Å²) in [5.41, 5.74) is 5.18. The van der Waals surface area contributed by atoms with Crippen LogP contribution in [0.3, 0.4) is 0 Å². The van der Waals surface area contributed by atoms with E-state index >= 15 is 0 Å². The van der Waals surface area contributed by atoms with E-state index in [0.29, 0.717) is 5.56 Å². The van der Waals surface area contributed by atoms with Gasteiger partial charge in [0.1, 0.15) is 5.82 Å². The lowest BCUT2D eigenvalue weighted by atomic mass is 9.96. The molecule has 1 atom stereocenters. The first-order chi connectivity index (χ1) is 14.2. The molecule has 5 heteroatoms. The Morgan fingerprint density at radius 1 is 0.967 bits per heavy atom. The summed E-state index contributed by atoms with van der Waals surface area (Å²) in [5, 5.41) is 10.1. The average molecular weight is 466 g/mol. The first kappa shape index (κ1) is 28.4. The zero-order valence-electron chi connectivity index (χ0n) is 18.6. The molecule has 2 aromatic rings. The predicted octanol–water partition coefficient (Wildman–Crippen LogP) is 9.15. The number of benzene rings is 2. The van der Waals surface area contributed by atoms with E-state index in [0.717, 1.165) is 34.0 Å². The highest BCUT2D eigenvalue weighted by Gasteiger charge is 2.13. The van der Waals surface area contributed by atoms with Crippen molar-refractivity contribution in [2.45, 2.75) is 54.4 Å². The molecule has 0 saturated carbocycles. The lowest BCUT2D eigenvalue weighted by Crippen LogP contribution is -1.93. The van der Waals surface area contributed by atoms with E-state index in [1.807, 2.05) is 45.9 Å². The molecule has 1 aliphatic rings. The van der Waals surface area contributed by atoms with Crippen molar-refractivity contribution in [3.05, 3.63) is 85.9 Å². The summed E-state index contributed by atoms with van der Waals surface area (Å²) in [4.78, 5) is 0. The fourth-order valence-electron chi connectivity index (χ4n) is 2.50. The molecule has 0 spiro atoms. The van der Waals surface area contributed by atoms with Crippen molar-refractivity contribution >= 4 is 38.0 Å². The smallest absolute Gasteiger partial charge is 0.126 e. The summed E-state index contributed by atoms with van der Waals surface area (Å²) in [6.45, 7) is 11.1. The third-order valence-corrected chi connectivity index (χ3v) is 5.52. The molecule has 0 N–H and O–H groups in total. The maximum atomic E-state index is 12.6. The van der Waals surface area contributed by atoms with Gasteiger partial charge in [-0.1, -0.05) is 61.3 Å². The second-order valence-electron chi connectivity index (χ2n) is 6.50. The molecule has 0 bridgehead atoms. The van der Waals surface area contributed by atoms with E-state index in [-0.39, 0.29) is 5.82 Å². The van der Waals surface area contributed by atoms with Crippen LogP contribution in [0, 0.1) is 37.9 Å². The summed E-state index contributed by atoms with van der Waals surface area (Å²) >= 11 is 12.4. The maximum absolute atomic E-state index is 12.6. The Kier molecular flexibility index (Phi) is 14.4. The number of halogens is 3. The molecule has 0 heterocycles. The van der Waals surface area contributed by atoms with Gasteiger partial charge >= 0.3 is 0 Å². The minimum absolute atomic E-state index is 0.116. The Labute approximate surface area is 193 Å². The fourth-order valence-corrected chi connectivity index (χ4v) is 3.31. The van der Waals surface area contributed by atoms with Crippen molar-refractivity contribution in [2.24, 2.45) is 0 Å². The topological polar surface area (TPSA) is 23.8 Å². The molecule has 3 rings (SSSR count). The largest absolute Gasteiger partial charge is 0.207 e. The fraction of sp³-hybridized carbons (Fsp3) is 0.320. The van der Waals surface area contributed by atoms with Crippen LogP contribution in [0.25, 0.3) is 5.57 Å². The van der Waals surface area contributed by atoms with Crippen LogP contribution in [0.4, 0.5) is 4.39 Å². The second-order valence-corrected chi connectivity index (χ2v) is 8.01. The summed E-state index contributed by atoms with van der Waals surface area (Å²) in [6.07, 6.45) is 4.00. The number of aryl methyl sites for hydroxylation is 3. The van der Waals surface area contributed by atoms with Gasteiger partial charge in [0.2, 0.25) is 0 Å². The third-order valence-electron chi connectivity index (χ3n) is 4.07. The number of nitriles is 1. The van der Waals surface area contributed by atoms with E-state index in [9.17, 15) is 4.39 Å². The van der Waals surface area contributed by atoms with Crippen molar-refractivity contribution in [2.75, 3.05) is 0 Å². The maximum Gasteiger partial charge on any atom is 0.126 e. The summed E-state index contributed by atoms with van der Waals surface area (Å²) in [7, 11) is 2.69. The van der Waals surface area contributed by atoms with E-state index in [2.05, 4.69) is 21.4 Å². The van der Waals surface area contributed by atoms with Crippen LogP contribution in [0.5, 0.6) is 0 Å². The number of allylic oxidation sites excluding steroid dienone is 4. The number of nitrogens with zero attached hydrogens (tertiary/aromatic N) is 1. The molecule has 0 aliphatic heterocycles. The second kappa shape index (κ2) is 15.2. The van der Waals surface area contributed by atoms with Crippen LogP contribution in [0.15, 0.2) is 52.8 Å². The van der Waals surface area contributed by atoms with Crippen LogP contribution in [-0.4, -0.2) is 0 Å². The molecule has 30 heavy (non-hydrogen) atoms. The van der Waals surface area contributed by atoms with Gasteiger partial charge in [-0.15, -0.1) is 9.24 Å². The van der Waals surface area contributed by atoms with E-state index in [1.54, 1.807) is 19.1 Å². The predicted molar refractivity (Wildman–Crippen MR) is 134 cm³/mol. The van der Waals surface area contributed by atoms with E-state index < -0.39 is 0 Å². The molecule has 1 unspecified atom stereocenters. The quantitative estimate of drug-likeness (QED) is 0.385. The molecule has 0 saturated heterocycles. The molecule has 162 valence electrons. The van der Waals surface area contributed by atoms with Gasteiger partial charge in [0.15, 0.2) is 0 Å². The minimum Gasteiger partial charge on any atom is -0.207 e. The van der Waals surface area contributed by atoms with Crippen LogP contribution >= 0.6 is 32.4 Å².